The molecule has 3 aromatic rings. The van der Waals surface area contributed by atoms with E-state index in [1.54, 1.807) is 24.3 Å². The minimum Gasteiger partial charge on any atom is -0.497 e. The van der Waals surface area contributed by atoms with Gasteiger partial charge in [0.05, 0.1) is 18.2 Å². The van der Waals surface area contributed by atoms with E-state index in [9.17, 15) is 13.2 Å². The Kier molecular flexibility index (Phi) is 2.45. The fourth-order valence-corrected chi connectivity index (χ4v) is 2.30. The number of hydrogen-bond acceptors (Lipinski definition) is 1. The third kappa shape index (κ3) is 1.82. The summed E-state index contributed by atoms with van der Waals surface area (Å²) in [4.78, 5) is 2.99. The smallest absolute Gasteiger partial charge is 0.417 e. The molecule has 5 heteroatoms. The molecule has 0 atom stereocenters. The lowest BCUT2D eigenvalue weighted by molar-refractivity contribution is -0.136. The van der Waals surface area contributed by atoms with Gasteiger partial charge in [-0.25, -0.2) is 0 Å². The molecule has 0 aliphatic carbocycles. The molecule has 2 aromatic carbocycles. The van der Waals surface area contributed by atoms with Gasteiger partial charge < -0.3 is 9.72 Å². The molecular formula is C14H10F3NO. The standard InChI is InChI=1S/C14H10F3NO/c1-19-8-5-6-9-12(7-8)18-11-4-2-3-10(13(9)11)14(15,16)17/h2-7,18H,1H3. The van der Waals surface area contributed by atoms with Gasteiger partial charge in [-0.3, -0.25) is 0 Å². The van der Waals surface area contributed by atoms with Gasteiger partial charge in [0, 0.05) is 22.4 Å². The topological polar surface area (TPSA) is 25.0 Å². The van der Waals surface area contributed by atoms with E-state index in [4.69, 9.17) is 4.74 Å². The number of ether oxygens (including phenoxy) is 1. The van der Waals surface area contributed by atoms with E-state index in [1.165, 1.54) is 13.2 Å². The maximum atomic E-state index is 13.0. The van der Waals surface area contributed by atoms with Crippen molar-refractivity contribution in [2.75, 3.05) is 7.11 Å². The second-order valence-corrected chi connectivity index (χ2v) is 4.26. The van der Waals surface area contributed by atoms with Crippen LogP contribution in [0.15, 0.2) is 36.4 Å². The number of aromatic nitrogens is 1. The van der Waals surface area contributed by atoms with Crippen molar-refractivity contribution in [3.8, 4) is 5.75 Å². The average molecular weight is 265 g/mol. The fourth-order valence-electron chi connectivity index (χ4n) is 2.30. The molecule has 0 radical (unpaired) electrons. The number of halogens is 3. The number of aromatic amines is 1. The second-order valence-electron chi connectivity index (χ2n) is 4.26. The van der Waals surface area contributed by atoms with Crippen LogP contribution in [-0.2, 0) is 6.18 Å². The van der Waals surface area contributed by atoms with Crippen LogP contribution in [0.2, 0.25) is 0 Å². The van der Waals surface area contributed by atoms with Gasteiger partial charge in [0.2, 0.25) is 0 Å². The lowest BCUT2D eigenvalue weighted by Gasteiger charge is -2.08. The number of methoxy groups -OCH3 is 1. The summed E-state index contributed by atoms with van der Waals surface area (Å²) in [6, 6.07) is 9.12. The first-order chi connectivity index (χ1) is 9.00. The molecule has 19 heavy (non-hydrogen) atoms. The Balaban J connectivity index is 2.42. The van der Waals surface area contributed by atoms with Crippen molar-refractivity contribution < 1.29 is 17.9 Å². The van der Waals surface area contributed by atoms with Crippen LogP contribution in [0.1, 0.15) is 5.56 Å². The maximum Gasteiger partial charge on any atom is 0.417 e. The van der Waals surface area contributed by atoms with Gasteiger partial charge in [0.15, 0.2) is 0 Å². The van der Waals surface area contributed by atoms with Crippen LogP contribution in [0.3, 0.4) is 0 Å². The first-order valence-corrected chi connectivity index (χ1v) is 5.66. The third-order valence-electron chi connectivity index (χ3n) is 3.14. The predicted octanol–water partition coefficient (Wildman–Crippen LogP) is 4.35. The normalized spacial score (nSPS) is 12.2. The van der Waals surface area contributed by atoms with E-state index in [0.717, 1.165) is 6.07 Å². The molecule has 0 fully saturated rings. The molecule has 98 valence electrons. The number of H-pyrrole nitrogens is 1. The first kappa shape index (κ1) is 11.9. The fraction of sp³-hybridized carbons (Fsp3) is 0.143. The monoisotopic (exact) mass is 265 g/mol. The number of benzene rings is 2. The maximum absolute atomic E-state index is 13.0. The molecule has 0 bridgehead atoms. The lowest BCUT2D eigenvalue weighted by atomic mass is 10.1. The summed E-state index contributed by atoms with van der Waals surface area (Å²) >= 11 is 0. The Hall–Kier alpha value is -2.17. The number of fused-ring (bicyclic) bond motifs is 3. The van der Waals surface area contributed by atoms with Crippen LogP contribution in [-0.4, -0.2) is 12.1 Å². The summed E-state index contributed by atoms with van der Waals surface area (Å²) < 4.78 is 44.2. The van der Waals surface area contributed by atoms with E-state index < -0.39 is 11.7 Å². The SMILES string of the molecule is COc1ccc2c(c1)[nH]c1cccc(C(F)(F)F)c12. The number of rotatable bonds is 1. The van der Waals surface area contributed by atoms with Crippen LogP contribution in [0, 0.1) is 0 Å². The summed E-state index contributed by atoms with van der Waals surface area (Å²) in [5, 5.41) is 0.747. The van der Waals surface area contributed by atoms with Crippen molar-refractivity contribution in [1.82, 2.24) is 4.98 Å². The Morgan fingerprint density at radius 2 is 1.84 bits per heavy atom. The van der Waals surface area contributed by atoms with Crippen LogP contribution in [0.25, 0.3) is 21.8 Å². The summed E-state index contributed by atoms with van der Waals surface area (Å²) in [6.07, 6.45) is -4.37. The van der Waals surface area contributed by atoms with Crippen molar-refractivity contribution in [2.24, 2.45) is 0 Å². The number of hydrogen-bond donors (Lipinski definition) is 1. The van der Waals surface area contributed by atoms with Crippen molar-refractivity contribution in [2.45, 2.75) is 6.18 Å². The van der Waals surface area contributed by atoms with E-state index in [2.05, 4.69) is 4.98 Å². The Morgan fingerprint density at radius 3 is 2.53 bits per heavy atom. The molecule has 0 aliphatic rings. The molecule has 0 unspecified atom stereocenters. The quantitative estimate of drug-likeness (QED) is 0.695. The van der Waals surface area contributed by atoms with Crippen molar-refractivity contribution in [3.63, 3.8) is 0 Å². The molecule has 1 heterocycles. The molecule has 2 nitrogen and oxygen atoms in total. The lowest BCUT2D eigenvalue weighted by Crippen LogP contribution is -2.04. The van der Waals surface area contributed by atoms with Gasteiger partial charge in [0.25, 0.3) is 0 Å². The van der Waals surface area contributed by atoms with Gasteiger partial charge >= 0.3 is 6.18 Å². The van der Waals surface area contributed by atoms with E-state index in [1.807, 2.05) is 0 Å². The summed E-state index contributed by atoms with van der Waals surface area (Å²) in [7, 11) is 1.52. The molecule has 0 saturated heterocycles. The third-order valence-corrected chi connectivity index (χ3v) is 3.14. The Morgan fingerprint density at radius 1 is 1.05 bits per heavy atom. The van der Waals surface area contributed by atoms with E-state index >= 15 is 0 Å². The highest BCUT2D eigenvalue weighted by Gasteiger charge is 2.33. The van der Waals surface area contributed by atoms with Gasteiger partial charge in [-0.1, -0.05) is 6.07 Å². The van der Waals surface area contributed by atoms with Gasteiger partial charge in [-0.2, -0.15) is 13.2 Å². The highest BCUT2D eigenvalue weighted by Crippen LogP contribution is 2.38. The number of nitrogens with one attached hydrogen (secondary N) is 1. The van der Waals surface area contributed by atoms with E-state index in [-0.39, 0.29) is 5.39 Å². The van der Waals surface area contributed by atoms with Crippen LogP contribution >= 0.6 is 0 Å². The van der Waals surface area contributed by atoms with Gasteiger partial charge in [0.1, 0.15) is 5.75 Å². The molecule has 3 rings (SSSR count). The van der Waals surface area contributed by atoms with E-state index in [0.29, 0.717) is 22.2 Å². The molecule has 1 aromatic heterocycles. The van der Waals surface area contributed by atoms with Crippen LogP contribution in [0.5, 0.6) is 5.75 Å². The zero-order chi connectivity index (χ0) is 13.6. The summed E-state index contributed by atoms with van der Waals surface area (Å²) in [6.45, 7) is 0. The largest absolute Gasteiger partial charge is 0.497 e. The molecule has 0 saturated carbocycles. The molecule has 0 aliphatic heterocycles. The summed E-state index contributed by atoms with van der Waals surface area (Å²) in [5.74, 6) is 0.604. The highest BCUT2D eigenvalue weighted by molar-refractivity contribution is 6.09. The van der Waals surface area contributed by atoms with Crippen molar-refractivity contribution >= 4 is 21.8 Å². The first-order valence-electron chi connectivity index (χ1n) is 5.66. The Bertz CT molecular complexity index is 758. The molecule has 0 spiro atoms. The van der Waals surface area contributed by atoms with Gasteiger partial charge in [-0.05, 0) is 24.3 Å². The van der Waals surface area contributed by atoms with Crippen LogP contribution in [0.4, 0.5) is 13.2 Å². The molecular weight excluding hydrogens is 255 g/mol. The minimum absolute atomic E-state index is 0.202. The minimum atomic E-state index is -4.37. The highest BCUT2D eigenvalue weighted by atomic mass is 19.4. The van der Waals surface area contributed by atoms with Gasteiger partial charge in [-0.15, -0.1) is 0 Å². The zero-order valence-electron chi connectivity index (χ0n) is 10.0. The Labute approximate surface area is 106 Å². The molecule has 1 N–H and O–H groups in total. The van der Waals surface area contributed by atoms with Crippen LogP contribution < -0.4 is 4.74 Å². The van der Waals surface area contributed by atoms with Crippen molar-refractivity contribution in [1.29, 1.82) is 0 Å². The predicted molar refractivity (Wildman–Crippen MR) is 67.4 cm³/mol. The van der Waals surface area contributed by atoms with Crippen molar-refractivity contribution in [3.05, 3.63) is 42.0 Å². The molecule has 0 amide bonds. The zero-order valence-corrected chi connectivity index (χ0v) is 10.0. The second kappa shape index (κ2) is 3.91. The number of alkyl halides is 3. The summed E-state index contributed by atoms with van der Waals surface area (Å²) in [5.41, 5.74) is 0.477. The average Bonchev–Trinajstić information content (AvgIpc) is 2.74.